The first-order valence-electron chi connectivity index (χ1n) is 8.93. The molecule has 0 fully saturated rings. The fourth-order valence-corrected chi connectivity index (χ4v) is 4.60. The van der Waals surface area contributed by atoms with E-state index in [1.165, 1.54) is 6.92 Å². The molecule has 1 unspecified atom stereocenters. The van der Waals surface area contributed by atoms with Gasteiger partial charge in [0.25, 0.3) is 0 Å². The molecule has 27 heavy (non-hydrogen) atoms. The van der Waals surface area contributed by atoms with Gasteiger partial charge in [-0.1, -0.05) is 42.5 Å². The van der Waals surface area contributed by atoms with Crippen molar-refractivity contribution in [2.45, 2.75) is 33.1 Å². The number of hydrogen-bond donors (Lipinski definition) is 1. The summed E-state index contributed by atoms with van der Waals surface area (Å²) in [6.45, 7) is 5.95. The molecule has 0 aliphatic rings. The van der Waals surface area contributed by atoms with Crippen LogP contribution < -0.4 is 10.1 Å². The minimum absolute atomic E-state index is 0.270. The van der Waals surface area contributed by atoms with Crippen molar-refractivity contribution in [3.8, 4) is 5.75 Å². The monoisotopic (exact) mass is 391 g/mol. The van der Waals surface area contributed by atoms with Gasteiger partial charge in [-0.3, -0.25) is 14.7 Å². The summed E-state index contributed by atoms with van der Waals surface area (Å²) in [5, 5.41) is 3.30. The second-order valence-corrected chi connectivity index (χ2v) is 7.92. The predicted molar refractivity (Wildman–Crippen MR) is 105 cm³/mol. The van der Waals surface area contributed by atoms with Crippen LogP contribution in [-0.4, -0.2) is 19.2 Å². The van der Waals surface area contributed by atoms with E-state index in [0.29, 0.717) is 12.3 Å². The molecular weight excluding hydrogens is 365 g/mol. The fraction of sp³-hybridized carbons (Fsp3) is 0.350. The van der Waals surface area contributed by atoms with Crippen LogP contribution in [0.4, 0.5) is 0 Å². The number of ether oxygens (including phenoxy) is 1. The highest BCUT2D eigenvalue weighted by Crippen LogP contribution is 2.59. The van der Waals surface area contributed by atoms with Gasteiger partial charge >= 0.3 is 13.6 Å². The molecule has 0 aliphatic carbocycles. The molecule has 0 spiro atoms. The van der Waals surface area contributed by atoms with Crippen LogP contribution in [0.5, 0.6) is 5.75 Å². The van der Waals surface area contributed by atoms with E-state index in [4.69, 9.17) is 13.8 Å². The van der Waals surface area contributed by atoms with Gasteiger partial charge in [0.05, 0.1) is 13.2 Å². The molecule has 0 bridgehead atoms. The Morgan fingerprint density at radius 1 is 1.00 bits per heavy atom. The van der Waals surface area contributed by atoms with Gasteiger partial charge < -0.3 is 13.8 Å². The molecule has 0 aliphatic heterocycles. The second-order valence-electron chi connectivity index (χ2n) is 5.81. The Labute approximate surface area is 160 Å². The van der Waals surface area contributed by atoms with E-state index < -0.39 is 19.3 Å². The quantitative estimate of drug-likeness (QED) is 0.361. The van der Waals surface area contributed by atoms with E-state index in [1.54, 1.807) is 38.1 Å². The Morgan fingerprint density at radius 3 is 2.11 bits per heavy atom. The third-order valence-electron chi connectivity index (χ3n) is 3.73. The fourth-order valence-electron chi connectivity index (χ4n) is 2.65. The highest BCUT2D eigenvalue weighted by molar-refractivity contribution is 7.54. The summed E-state index contributed by atoms with van der Waals surface area (Å²) in [7, 11) is -3.45. The van der Waals surface area contributed by atoms with Gasteiger partial charge in [0.2, 0.25) is 0 Å². The van der Waals surface area contributed by atoms with Gasteiger partial charge in [0.15, 0.2) is 0 Å². The van der Waals surface area contributed by atoms with Crippen LogP contribution in [0.2, 0.25) is 0 Å². The second kappa shape index (κ2) is 10.4. The standard InChI is InChI=1S/C20H26NO5P/c1-4-24-27(23,25-5-2)20(21-15-17-9-7-6-8-10-17)18-11-13-19(14-12-18)26-16(3)22/h6-14,20-21H,4-5,15H2,1-3H3. The summed E-state index contributed by atoms with van der Waals surface area (Å²) in [4.78, 5) is 11.1. The molecule has 2 rings (SSSR count). The highest BCUT2D eigenvalue weighted by Gasteiger charge is 2.36. The number of hydrogen-bond acceptors (Lipinski definition) is 6. The third-order valence-corrected chi connectivity index (χ3v) is 6.08. The van der Waals surface area contributed by atoms with E-state index in [9.17, 15) is 9.36 Å². The van der Waals surface area contributed by atoms with Crippen molar-refractivity contribution in [2.75, 3.05) is 13.2 Å². The lowest BCUT2D eigenvalue weighted by Crippen LogP contribution is -2.23. The first-order valence-corrected chi connectivity index (χ1v) is 10.5. The number of esters is 1. The van der Waals surface area contributed by atoms with Crippen LogP contribution in [0.3, 0.4) is 0 Å². The third kappa shape index (κ3) is 6.29. The van der Waals surface area contributed by atoms with Crippen LogP contribution in [0, 0.1) is 0 Å². The zero-order chi connectivity index (χ0) is 19.7. The number of rotatable bonds is 10. The molecule has 1 atom stereocenters. The largest absolute Gasteiger partial charge is 0.427 e. The molecule has 0 saturated carbocycles. The average molecular weight is 391 g/mol. The Balaban J connectivity index is 2.29. The molecule has 6 nitrogen and oxygen atoms in total. The molecule has 0 radical (unpaired) electrons. The topological polar surface area (TPSA) is 73.9 Å². The zero-order valence-electron chi connectivity index (χ0n) is 15.9. The van der Waals surface area contributed by atoms with Crippen molar-refractivity contribution in [3.63, 3.8) is 0 Å². The van der Waals surface area contributed by atoms with E-state index in [-0.39, 0.29) is 13.2 Å². The van der Waals surface area contributed by atoms with Gasteiger partial charge in [0.1, 0.15) is 11.5 Å². The zero-order valence-corrected chi connectivity index (χ0v) is 16.8. The van der Waals surface area contributed by atoms with Crippen LogP contribution in [0.15, 0.2) is 54.6 Å². The smallest absolute Gasteiger partial charge is 0.351 e. The lowest BCUT2D eigenvalue weighted by Gasteiger charge is -2.27. The maximum atomic E-state index is 13.4. The molecular formula is C20H26NO5P. The minimum atomic E-state index is -3.45. The van der Waals surface area contributed by atoms with Gasteiger partial charge in [0, 0.05) is 13.5 Å². The number of carbonyl (C=O) groups excluding carboxylic acids is 1. The van der Waals surface area contributed by atoms with Crippen LogP contribution >= 0.6 is 7.60 Å². The Bertz CT molecular complexity index is 754. The van der Waals surface area contributed by atoms with Crippen molar-refractivity contribution in [1.29, 1.82) is 0 Å². The molecule has 146 valence electrons. The molecule has 2 aromatic carbocycles. The van der Waals surface area contributed by atoms with Gasteiger partial charge in [-0.25, -0.2) is 0 Å². The van der Waals surface area contributed by atoms with Crippen LogP contribution in [0.25, 0.3) is 0 Å². The summed E-state index contributed by atoms with van der Waals surface area (Å²) in [6.07, 6.45) is 0. The molecule has 0 amide bonds. The summed E-state index contributed by atoms with van der Waals surface area (Å²) < 4.78 is 29.6. The maximum Gasteiger partial charge on any atom is 0.351 e. The van der Waals surface area contributed by atoms with E-state index in [1.807, 2.05) is 30.3 Å². The van der Waals surface area contributed by atoms with Gasteiger partial charge in [-0.15, -0.1) is 0 Å². The lowest BCUT2D eigenvalue weighted by atomic mass is 10.2. The van der Waals surface area contributed by atoms with Gasteiger partial charge in [-0.05, 0) is 37.1 Å². The van der Waals surface area contributed by atoms with Crippen molar-refractivity contribution in [2.24, 2.45) is 0 Å². The molecule has 0 heterocycles. The summed E-state index contributed by atoms with van der Waals surface area (Å²) in [6, 6.07) is 16.7. The molecule has 1 N–H and O–H groups in total. The van der Waals surface area contributed by atoms with Crippen molar-refractivity contribution >= 4 is 13.6 Å². The Morgan fingerprint density at radius 2 is 1.59 bits per heavy atom. The summed E-state index contributed by atoms with van der Waals surface area (Å²) >= 11 is 0. The normalized spacial score (nSPS) is 12.6. The predicted octanol–water partition coefficient (Wildman–Crippen LogP) is 4.67. The number of carbonyl (C=O) groups is 1. The molecule has 0 aromatic heterocycles. The molecule has 0 saturated heterocycles. The van der Waals surface area contributed by atoms with Crippen molar-refractivity contribution in [3.05, 3.63) is 65.7 Å². The van der Waals surface area contributed by atoms with Crippen LogP contribution in [0.1, 0.15) is 37.7 Å². The summed E-state index contributed by atoms with van der Waals surface area (Å²) in [5.74, 6) is -0.615. The number of nitrogens with one attached hydrogen (secondary N) is 1. The number of benzene rings is 2. The average Bonchev–Trinajstić information content (AvgIpc) is 2.64. The molecule has 2 aromatic rings. The molecule has 7 heteroatoms. The first-order chi connectivity index (χ1) is 13.0. The van der Waals surface area contributed by atoms with Gasteiger partial charge in [-0.2, -0.15) is 0 Å². The minimum Gasteiger partial charge on any atom is -0.427 e. The highest BCUT2D eigenvalue weighted by atomic mass is 31.2. The van der Waals surface area contributed by atoms with E-state index in [0.717, 1.165) is 11.1 Å². The maximum absolute atomic E-state index is 13.4. The SMILES string of the molecule is CCOP(=O)(OCC)C(NCc1ccccc1)c1ccc(OC(C)=O)cc1. The first kappa shape index (κ1) is 21.3. The van der Waals surface area contributed by atoms with Crippen molar-refractivity contribution in [1.82, 2.24) is 5.32 Å². The Kier molecular flexibility index (Phi) is 8.20. The van der Waals surface area contributed by atoms with E-state index in [2.05, 4.69) is 5.32 Å². The van der Waals surface area contributed by atoms with E-state index >= 15 is 0 Å². The lowest BCUT2D eigenvalue weighted by molar-refractivity contribution is -0.131. The van der Waals surface area contributed by atoms with Crippen molar-refractivity contribution < 1.29 is 23.1 Å². The Hall–Kier alpha value is -1.98. The van der Waals surface area contributed by atoms with Crippen LogP contribution in [-0.2, 0) is 25.0 Å². The summed E-state index contributed by atoms with van der Waals surface area (Å²) in [5.41, 5.74) is 1.78.